The summed E-state index contributed by atoms with van der Waals surface area (Å²) in [7, 11) is -1.97. The standard InChI is InChI=1S/C13H13NO6S/c1-19-7-10-11(13(15)16)20-12(14-10)8-4-3-5-9(6-8)21(2,17)18/h3-6H,7H2,1-2H3,(H,15,16). The third kappa shape index (κ3) is 3.29. The summed E-state index contributed by atoms with van der Waals surface area (Å²) in [5.41, 5.74) is 0.521. The number of aromatic nitrogens is 1. The Kier molecular flexibility index (Phi) is 4.10. The third-order valence-electron chi connectivity index (χ3n) is 2.68. The largest absolute Gasteiger partial charge is 0.475 e. The van der Waals surface area contributed by atoms with Crippen LogP contribution in [0.25, 0.3) is 11.5 Å². The number of benzene rings is 1. The van der Waals surface area contributed by atoms with Gasteiger partial charge in [-0.1, -0.05) is 6.07 Å². The van der Waals surface area contributed by atoms with Crippen molar-refractivity contribution < 1.29 is 27.5 Å². The summed E-state index contributed by atoms with van der Waals surface area (Å²) < 4.78 is 33.1. The van der Waals surface area contributed by atoms with Gasteiger partial charge < -0.3 is 14.3 Å². The molecule has 0 spiro atoms. The first-order chi connectivity index (χ1) is 9.82. The minimum atomic E-state index is -3.37. The maximum absolute atomic E-state index is 11.5. The van der Waals surface area contributed by atoms with Crippen LogP contribution >= 0.6 is 0 Å². The first kappa shape index (κ1) is 15.2. The topological polar surface area (TPSA) is 107 Å². The molecule has 0 bridgehead atoms. The van der Waals surface area contributed by atoms with Gasteiger partial charge in [-0.25, -0.2) is 18.2 Å². The van der Waals surface area contributed by atoms with E-state index < -0.39 is 15.8 Å². The minimum absolute atomic E-state index is 0.0170. The zero-order valence-electron chi connectivity index (χ0n) is 11.4. The summed E-state index contributed by atoms with van der Waals surface area (Å²) in [5, 5.41) is 9.05. The third-order valence-corrected chi connectivity index (χ3v) is 3.79. The predicted molar refractivity (Wildman–Crippen MR) is 72.7 cm³/mol. The van der Waals surface area contributed by atoms with Crippen LogP contribution in [0.15, 0.2) is 33.6 Å². The van der Waals surface area contributed by atoms with Crippen LogP contribution in [0.3, 0.4) is 0 Å². The molecule has 0 radical (unpaired) electrons. The number of nitrogens with zero attached hydrogens (tertiary/aromatic N) is 1. The number of methoxy groups -OCH3 is 1. The highest BCUT2D eigenvalue weighted by atomic mass is 32.2. The van der Waals surface area contributed by atoms with Gasteiger partial charge in [-0.2, -0.15) is 0 Å². The lowest BCUT2D eigenvalue weighted by molar-refractivity contribution is 0.0656. The lowest BCUT2D eigenvalue weighted by Crippen LogP contribution is -2.00. The van der Waals surface area contributed by atoms with Gasteiger partial charge in [-0.15, -0.1) is 0 Å². The quantitative estimate of drug-likeness (QED) is 0.893. The number of carbonyl (C=O) groups is 1. The van der Waals surface area contributed by atoms with Crippen LogP contribution in [0.5, 0.6) is 0 Å². The van der Waals surface area contributed by atoms with E-state index in [4.69, 9.17) is 14.3 Å². The molecule has 1 N–H and O–H groups in total. The van der Waals surface area contributed by atoms with Crippen LogP contribution in [-0.4, -0.2) is 37.8 Å². The van der Waals surface area contributed by atoms with E-state index >= 15 is 0 Å². The Morgan fingerprint density at radius 3 is 2.71 bits per heavy atom. The highest BCUT2D eigenvalue weighted by molar-refractivity contribution is 7.90. The van der Waals surface area contributed by atoms with E-state index in [0.717, 1.165) is 6.26 Å². The number of sulfone groups is 1. The SMILES string of the molecule is COCc1nc(-c2cccc(S(C)(=O)=O)c2)oc1C(=O)O. The molecule has 0 aliphatic heterocycles. The van der Waals surface area contributed by atoms with Crippen molar-refractivity contribution in [2.45, 2.75) is 11.5 Å². The molecule has 112 valence electrons. The van der Waals surface area contributed by atoms with Gasteiger partial charge in [0, 0.05) is 18.9 Å². The lowest BCUT2D eigenvalue weighted by Gasteiger charge is -2.00. The number of carboxylic acid groups (broad SMARTS) is 1. The Labute approximate surface area is 121 Å². The van der Waals surface area contributed by atoms with E-state index in [2.05, 4.69) is 4.98 Å². The summed E-state index contributed by atoms with van der Waals surface area (Å²) in [4.78, 5) is 15.2. The van der Waals surface area contributed by atoms with Gasteiger partial charge in [-0.05, 0) is 18.2 Å². The lowest BCUT2D eigenvalue weighted by atomic mass is 10.2. The van der Waals surface area contributed by atoms with Gasteiger partial charge in [0.2, 0.25) is 11.7 Å². The van der Waals surface area contributed by atoms with Crippen LogP contribution in [0, 0.1) is 0 Å². The molecule has 0 unspecified atom stereocenters. The Hall–Kier alpha value is -2.19. The van der Waals surface area contributed by atoms with Gasteiger partial charge in [0.15, 0.2) is 9.84 Å². The number of rotatable bonds is 5. The summed E-state index contributed by atoms with van der Waals surface area (Å²) in [5.74, 6) is -1.55. The van der Waals surface area contributed by atoms with Gasteiger partial charge >= 0.3 is 5.97 Å². The van der Waals surface area contributed by atoms with E-state index in [0.29, 0.717) is 5.56 Å². The van der Waals surface area contributed by atoms with Crippen LogP contribution < -0.4 is 0 Å². The second-order valence-electron chi connectivity index (χ2n) is 4.33. The maximum Gasteiger partial charge on any atom is 0.373 e. The first-order valence-corrected chi connectivity index (χ1v) is 7.74. The first-order valence-electron chi connectivity index (χ1n) is 5.85. The van der Waals surface area contributed by atoms with E-state index in [1.807, 2.05) is 0 Å². The average Bonchev–Trinajstić information content (AvgIpc) is 2.83. The van der Waals surface area contributed by atoms with E-state index in [9.17, 15) is 13.2 Å². The van der Waals surface area contributed by atoms with Crippen LogP contribution in [0.1, 0.15) is 16.2 Å². The van der Waals surface area contributed by atoms with Gasteiger partial charge in [0.1, 0.15) is 5.69 Å². The fraction of sp³-hybridized carbons (Fsp3) is 0.231. The minimum Gasteiger partial charge on any atom is -0.475 e. The van der Waals surface area contributed by atoms with Crippen molar-refractivity contribution >= 4 is 15.8 Å². The molecule has 2 rings (SSSR count). The van der Waals surface area contributed by atoms with Crippen LogP contribution in [-0.2, 0) is 21.2 Å². The molecule has 2 aromatic rings. The van der Waals surface area contributed by atoms with Crippen molar-refractivity contribution in [2.75, 3.05) is 13.4 Å². The molecule has 0 saturated heterocycles. The van der Waals surface area contributed by atoms with Gasteiger partial charge in [-0.3, -0.25) is 0 Å². The number of hydrogen-bond donors (Lipinski definition) is 1. The van der Waals surface area contributed by atoms with Crippen LogP contribution in [0.2, 0.25) is 0 Å². The molecule has 0 aliphatic rings. The van der Waals surface area contributed by atoms with Crippen molar-refractivity contribution in [1.82, 2.24) is 4.98 Å². The second kappa shape index (κ2) is 5.66. The molecule has 0 atom stereocenters. The highest BCUT2D eigenvalue weighted by Gasteiger charge is 2.21. The molecule has 21 heavy (non-hydrogen) atoms. The van der Waals surface area contributed by atoms with Crippen molar-refractivity contribution in [2.24, 2.45) is 0 Å². The van der Waals surface area contributed by atoms with E-state index in [-0.39, 0.29) is 28.8 Å². The normalized spacial score (nSPS) is 11.5. The fourth-order valence-electron chi connectivity index (χ4n) is 1.74. The predicted octanol–water partition coefficient (Wildman–Crippen LogP) is 1.59. The fourth-order valence-corrected chi connectivity index (χ4v) is 2.40. The maximum atomic E-state index is 11.5. The number of hydrogen-bond acceptors (Lipinski definition) is 6. The molecule has 1 heterocycles. The summed E-state index contributed by atoms with van der Waals surface area (Å²) in [6, 6.07) is 5.94. The molecular weight excluding hydrogens is 298 g/mol. The molecule has 1 aromatic heterocycles. The number of carboxylic acids is 1. The highest BCUT2D eigenvalue weighted by Crippen LogP contribution is 2.25. The average molecular weight is 311 g/mol. The van der Waals surface area contributed by atoms with Crippen molar-refractivity contribution in [3.63, 3.8) is 0 Å². The molecule has 0 saturated carbocycles. The summed E-state index contributed by atoms with van der Waals surface area (Å²) >= 11 is 0. The summed E-state index contributed by atoms with van der Waals surface area (Å²) in [6.45, 7) is -0.0170. The number of oxazole rings is 1. The van der Waals surface area contributed by atoms with E-state index in [1.165, 1.54) is 25.3 Å². The van der Waals surface area contributed by atoms with Gasteiger partial charge in [0.25, 0.3) is 0 Å². The monoisotopic (exact) mass is 311 g/mol. The molecule has 0 fully saturated rings. The van der Waals surface area contributed by atoms with E-state index in [1.54, 1.807) is 6.07 Å². The van der Waals surface area contributed by atoms with Gasteiger partial charge in [0.05, 0.1) is 11.5 Å². The zero-order valence-corrected chi connectivity index (χ0v) is 12.2. The van der Waals surface area contributed by atoms with Crippen molar-refractivity contribution in [3.8, 4) is 11.5 Å². The van der Waals surface area contributed by atoms with Crippen LogP contribution in [0.4, 0.5) is 0 Å². The molecular formula is C13H13NO6S. The smallest absolute Gasteiger partial charge is 0.373 e. The Balaban J connectivity index is 2.52. The number of ether oxygens (including phenoxy) is 1. The summed E-state index contributed by atoms with van der Waals surface area (Å²) in [6.07, 6.45) is 1.08. The Morgan fingerprint density at radius 1 is 1.43 bits per heavy atom. The van der Waals surface area contributed by atoms with Crippen molar-refractivity contribution in [3.05, 3.63) is 35.7 Å². The molecule has 0 aliphatic carbocycles. The Morgan fingerprint density at radius 2 is 2.14 bits per heavy atom. The second-order valence-corrected chi connectivity index (χ2v) is 6.35. The molecule has 1 aromatic carbocycles. The zero-order chi connectivity index (χ0) is 15.6. The molecule has 0 amide bonds. The molecule has 7 nitrogen and oxygen atoms in total. The molecule has 8 heteroatoms. The Bertz CT molecular complexity index is 778. The van der Waals surface area contributed by atoms with Crippen molar-refractivity contribution in [1.29, 1.82) is 0 Å². The number of aromatic carboxylic acids is 1.